The van der Waals surface area contributed by atoms with Crippen molar-refractivity contribution in [2.45, 2.75) is 94.7 Å². The second-order valence-corrected chi connectivity index (χ2v) is 12.4. The Hall–Kier alpha value is -1.14. The fraction of sp³-hybridized carbons (Fsp3) is 0.792. The van der Waals surface area contributed by atoms with E-state index in [1.807, 2.05) is 6.08 Å². The van der Waals surface area contributed by atoms with Crippen molar-refractivity contribution < 1.29 is 23.9 Å². The van der Waals surface area contributed by atoms with Gasteiger partial charge >= 0.3 is 5.97 Å². The zero-order valence-corrected chi connectivity index (χ0v) is 18.8. The van der Waals surface area contributed by atoms with Crippen molar-refractivity contribution in [2.24, 2.45) is 22.7 Å². The number of thioether (sulfide) groups is 1. The van der Waals surface area contributed by atoms with E-state index in [0.29, 0.717) is 18.8 Å². The molecule has 0 aromatic rings. The summed E-state index contributed by atoms with van der Waals surface area (Å²) in [7, 11) is 0. The van der Waals surface area contributed by atoms with Gasteiger partial charge in [-0.05, 0) is 50.5 Å². The van der Waals surface area contributed by atoms with Crippen molar-refractivity contribution in [2.75, 3.05) is 0 Å². The number of esters is 1. The third-order valence-electron chi connectivity index (χ3n) is 9.97. The lowest BCUT2D eigenvalue weighted by molar-refractivity contribution is -0.164. The summed E-state index contributed by atoms with van der Waals surface area (Å²) in [5.74, 6) is 0.769. The van der Waals surface area contributed by atoms with Crippen LogP contribution in [0, 0.1) is 22.7 Å². The number of epoxide rings is 1. The molecule has 6 rings (SSSR count). The van der Waals surface area contributed by atoms with E-state index in [9.17, 15) is 14.4 Å². The Balaban J connectivity index is 1.47. The first kappa shape index (κ1) is 19.5. The molecule has 4 aliphatic carbocycles. The van der Waals surface area contributed by atoms with Crippen LogP contribution in [0.3, 0.4) is 0 Å². The van der Waals surface area contributed by atoms with E-state index in [4.69, 9.17) is 9.47 Å². The topological polar surface area (TPSA) is 73.0 Å². The third-order valence-corrected chi connectivity index (χ3v) is 11.1. The summed E-state index contributed by atoms with van der Waals surface area (Å²) in [6.07, 6.45) is 8.38. The van der Waals surface area contributed by atoms with Crippen molar-refractivity contribution in [3.63, 3.8) is 0 Å². The Morgan fingerprint density at radius 1 is 1.17 bits per heavy atom. The van der Waals surface area contributed by atoms with Crippen LogP contribution in [0.4, 0.5) is 0 Å². The quantitative estimate of drug-likeness (QED) is 0.463. The third kappa shape index (κ3) is 2.13. The minimum atomic E-state index is -0.363. The fourth-order valence-electron chi connectivity index (χ4n) is 8.57. The highest BCUT2D eigenvalue weighted by Crippen LogP contribution is 2.78. The molecule has 162 valence electrons. The average molecular weight is 431 g/mol. The summed E-state index contributed by atoms with van der Waals surface area (Å²) in [6.45, 7) is 6.27. The van der Waals surface area contributed by atoms with Crippen molar-refractivity contribution in [3.8, 4) is 0 Å². The standard InChI is InChI=1S/C24H30O5S/c1-13(25)30-17-11-14-10-15(26)4-7-21(14,2)24-18(28-24)12-22(3)16(20(17)24)5-8-23(22)9-6-19(27)29-23/h10,16-18,20H,4-9,11-12H2,1-3H3/t16?,17-,18-,20?,21+,22+,23-,24-/m1/s1. The van der Waals surface area contributed by atoms with Gasteiger partial charge in [0.05, 0.1) is 6.10 Å². The molecular formula is C24H30O5S. The minimum Gasteiger partial charge on any atom is -0.458 e. The highest BCUT2D eigenvalue weighted by molar-refractivity contribution is 8.14. The minimum absolute atomic E-state index is 0.0632. The molecule has 2 heterocycles. The van der Waals surface area contributed by atoms with Gasteiger partial charge in [-0.25, -0.2) is 0 Å². The second kappa shape index (κ2) is 5.80. The molecule has 30 heavy (non-hydrogen) atoms. The molecule has 8 atom stereocenters. The van der Waals surface area contributed by atoms with Crippen molar-refractivity contribution in [1.29, 1.82) is 0 Å². The number of carbonyl (C=O) groups excluding carboxylic acids is 3. The molecule has 0 aromatic heterocycles. The first-order chi connectivity index (χ1) is 14.2. The van der Waals surface area contributed by atoms with Gasteiger partial charge in [0.2, 0.25) is 0 Å². The van der Waals surface area contributed by atoms with Crippen molar-refractivity contribution in [3.05, 3.63) is 11.6 Å². The molecule has 0 radical (unpaired) electrons. The highest BCUT2D eigenvalue weighted by atomic mass is 32.2. The first-order valence-corrected chi connectivity index (χ1v) is 12.3. The smallest absolute Gasteiger partial charge is 0.306 e. The summed E-state index contributed by atoms with van der Waals surface area (Å²) in [5, 5.41) is 0.251. The number of ether oxygens (including phenoxy) is 2. The van der Waals surface area contributed by atoms with Gasteiger partial charge in [0, 0.05) is 41.8 Å². The molecular weight excluding hydrogens is 400 g/mol. The van der Waals surface area contributed by atoms with Gasteiger partial charge in [-0.3, -0.25) is 14.4 Å². The SMILES string of the molecule is CC(=O)S[C@@H]1CC2=CC(=O)CC[C@]2(C)[C@@]23O[C@@H]2C[C@@]2(C)C(CC[C@@]24CCC(=O)O4)C13. The normalized spacial score (nSPS) is 53.4. The molecule has 0 N–H and O–H groups in total. The highest BCUT2D eigenvalue weighted by Gasteiger charge is 2.83. The van der Waals surface area contributed by atoms with Crippen LogP contribution >= 0.6 is 11.8 Å². The second-order valence-electron chi connectivity index (χ2n) is 11.0. The molecule has 2 saturated heterocycles. The van der Waals surface area contributed by atoms with E-state index in [1.165, 1.54) is 17.3 Å². The first-order valence-electron chi connectivity index (χ1n) is 11.5. The molecule has 0 aromatic carbocycles. The molecule has 6 aliphatic rings. The number of hydrogen-bond donors (Lipinski definition) is 0. The maximum Gasteiger partial charge on any atom is 0.306 e. The molecule has 6 heteroatoms. The van der Waals surface area contributed by atoms with Gasteiger partial charge in [0.1, 0.15) is 11.2 Å². The Morgan fingerprint density at radius 2 is 1.97 bits per heavy atom. The largest absolute Gasteiger partial charge is 0.458 e. The molecule has 2 unspecified atom stereocenters. The van der Waals surface area contributed by atoms with E-state index in [-0.39, 0.29) is 56.2 Å². The predicted octanol–water partition coefficient (Wildman–Crippen LogP) is 3.98. The summed E-state index contributed by atoms with van der Waals surface area (Å²) in [5.41, 5.74) is 0.320. The molecule has 2 aliphatic heterocycles. The maximum absolute atomic E-state index is 12.3. The van der Waals surface area contributed by atoms with E-state index in [0.717, 1.165) is 38.5 Å². The van der Waals surface area contributed by atoms with E-state index < -0.39 is 0 Å². The summed E-state index contributed by atoms with van der Waals surface area (Å²) < 4.78 is 12.8. The predicted molar refractivity (Wildman–Crippen MR) is 112 cm³/mol. The Labute approximate surface area is 181 Å². The Morgan fingerprint density at radius 3 is 2.67 bits per heavy atom. The van der Waals surface area contributed by atoms with Gasteiger partial charge in [-0.15, -0.1) is 0 Å². The van der Waals surface area contributed by atoms with Crippen molar-refractivity contribution >= 4 is 28.6 Å². The van der Waals surface area contributed by atoms with Crippen molar-refractivity contribution in [1.82, 2.24) is 0 Å². The fourth-order valence-corrected chi connectivity index (χ4v) is 9.80. The molecule has 0 bridgehead atoms. The Bertz CT molecular complexity index is 911. The Kier molecular flexibility index (Phi) is 3.78. The monoisotopic (exact) mass is 430 g/mol. The van der Waals surface area contributed by atoms with Crippen LogP contribution < -0.4 is 0 Å². The molecule has 3 saturated carbocycles. The van der Waals surface area contributed by atoms with Crippen LogP contribution in [0.1, 0.15) is 72.1 Å². The molecule has 0 amide bonds. The number of ketones is 1. The van der Waals surface area contributed by atoms with Crippen LogP contribution in [0.25, 0.3) is 0 Å². The lowest BCUT2D eigenvalue weighted by Crippen LogP contribution is -2.63. The molecule has 5 nitrogen and oxygen atoms in total. The van der Waals surface area contributed by atoms with Crippen LogP contribution in [0.15, 0.2) is 11.6 Å². The van der Waals surface area contributed by atoms with E-state index in [1.54, 1.807) is 6.92 Å². The van der Waals surface area contributed by atoms with Gasteiger partial charge in [0.15, 0.2) is 10.9 Å². The summed E-state index contributed by atoms with van der Waals surface area (Å²) in [4.78, 5) is 36.6. The van der Waals surface area contributed by atoms with Gasteiger partial charge in [-0.2, -0.15) is 0 Å². The number of rotatable bonds is 1. The average Bonchev–Trinajstić information content (AvgIpc) is 3.15. The maximum atomic E-state index is 12.3. The molecule has 2 spiro atoms. The number of hydrogen-bond acceptors (Lipinski definition) is 6. The summed E-state index contributed by atoms with van der Waals surface area (Å²) in [6, 6.07) is 0. The van der Waals surface area contributed by atoms with Gasteiger partial charge in [0.25, 0.3) is 0 Å². The van der Waals surface area contributed by atoms with Crippen LogP contribution in [0.2, 0.25) is 0 Å². The summed E-state index contributed by atoms with van der Waals surface area (Å²) >= 11 is 1.44. The lowest BCUT2D eigenvalue weighted by Gasteiger charge is -2.58. The van der Waals surface area contributed by atoms with Gasteiger partial charge < -0.3 is 9.47 Å². The van der Waals surface area contributed by atoms with Crippen LogP contribution in [-0.4, -0.2) is 39.4 Å². The lowest BCUT2D eigenvalue weighted by atomic mass is 9.46. The zero-order chi connectivity index (χ0) is 21.1. The number of fused-ring (bicyclic) bond motifs is 4. The van der Waals surface area contributed by atoms with Crippen LogP contribution in [0.5, 0.6) is 0 Å². The molecule has 5 fully saturated rings. The van der Waals surface area contributed by atoms with E-state index >= 15 is 0 Å². The van der Waals surface area contributed by atoms with Gasteiger partial charge in [-0.1, -0.05) is 31.2 Å². The van der Waals surface area contributed by atoms with Crippen LogP contribution in [-0.2, 0) is 23.9 Å². The van der Waals surface area contributed by atoms with E-state index in [2.05, 4.69) is 13.8 Å². The number of carbonyl (C=O) groups is 3. The zero-order valence-electron chi connectivity index (χ0n) is 18.0.